The lowest BCUT2D eigenvalue weighted by Gasteiger charge is -2.12. The summed E-state index contributed by atoms with van der Waals surface area (Å²) in [6, 6.07) is 3.20. The summed E-state index contributed by atoms with van der Waals surface area (Å²) in [6.45, 7) is 1.31. The maximum Gasteiger partial charge on any atom is 0.269 e. The Bertz CT molecular complexity index is 583. The van der Waals surface area contributed by atoms with Crippen molar-refractivity contribution < 1.29 is 18.1 Å². The Morgan fingerprint density at radius 1 is 1.37 bits per heavy atom. The number of benzene rings is 1. The maximum atomic E-state index is 11.8. The van der Waals surface area contributed by atoms with E-state index in [2.05, 4.69) is 4.72 Å². The Kier molecular flexibility index (Phi) is 4.53. The van der Waals surface area contributed by atoms with Crippen LogP contribution < -0.4 is 16.0 Å². The van der Waals surface area contributed by atoms with Crippen molar-refractivity contribution in [3.05, 3.63) is 34.4 Å². The van der Waals surface area contributed by atoms with Crippen LogP contribution in [0.5, 0.6) is 0 Å². The van der Waals surface area contributed by atoms with Crippen molar-refractivity contribution in [2.75, 3.05) is 0 Å². The first-order chi connectivity index (χ1) is 8.77. The molecule has 4 N–H and O–H groups in total. The third kappa shape index (κ3) is 3.71. The molecule has 1 atom stereocenters. The lowest BCUT2D eigenvalue weighted by Crippen LogP contribution is -2.47. The van der Waals surface area contributed by atoms with Crippen molar-refractivity contribution in [2.45, 2.75) is 17.9 Å². The Hall–Kier alpha value is -2.04. The number of carbonyl (C=O) groups excluding carboxylic acids is 1. The van der Waals surface area contributed by atoms with Crippen molar-refractivity contribution in [3.8, 4) is 0 Å². The van der Waals surface area contributed by atoms with Gasteiger partial charge in [0, 0.05) is 12.1 Å². The van der Waals surface area contributed by atoms with Gasteiger partial charge >= 0.3 is 0 Å². The van der Waals surface area contributed by atoms with Crippen molar-refractivity contribution in [3.63, 3.8) is 0 Å². The van der Waals surface area contributed by atoms with E-state index in [1.807, 2.05) is 5.43 Å². The van der Waals surface area contributed by atoms with Gasteiger partial charge in [-0.15, -0.1) is 0 Å². The highest BCUT2D eigenvalue weighted by Gasteiger charge is 2.22. The smallest absolute Gasteiger partial charge is 0.269 e. The zero-order valence-corrected chi connectivity index (χ0v) is 10.7. The number of hydrogen-bond acceptors (Lipinski definition) is 6. The number of nitrogens with one attached hydrogen (secondary N) is 2. The molecule has 0 fully saturated rings. The minimum absolute atomic E-state index is 0.185. The number of nitrogens with two attached hydrogens (primary N) is 1. The largest absolute Gasteiger partial charge is 0.293 e. The summed E-state index contributed by atoms with van der Waals surface area (Å²) in [4.78, 5) is 20.7. The van der Waals surface area contributed by atoms with E-state index in [4.69, 9.17) is 5.84 Å². The van der Waals surface area contributed by atoms with Crippen LogP contribution in [-0.4, -0.2) is 25.3 Å². The first kappa shape index (κ1) is 15.0. The quantitative estimate of drug-likeness (QED) is 0.281. The second-order valence-corrected chi connectivity index (χ2v) is 5.32. The first-order valence-electron chi connectivity index (χ1n) is 5.05. The van der Waals surface area contributed by atoms with E-state index in [0.29, 0.717) is 0 Å². The fraction of sp³-hybridized carbons (Fsp3) is 0.222. The Morgan fingerprint density at radius 3 is 2.32 bits per heavy atom. The second-order valence-electron chi connectivity index (χ2n) is 3.60. The summed E-state index contributed by atoms with van der Waals surface area (Å²) in [6.07, 6.45) is 0. The number of nitro benzene ring substituents is 1. The van der Waals surface area contributed by atoms with Crippen molar-refractivity contribution in [1.82, 2.24) is 10.1 Å². The van der Waals surface area contributed by atoms with Gasteiger partial charge < -0.3 is 0 Å². The molecular formula is C9H12N4O5S. The monoisotopic (exact) mass is 288 g/mol. The van der Waals surface area contributed by atoms with Crippen LogP contribution >= 0.6 is 0 Å². The summed E-state index contributed by atoms with van der Waals surface area (Å²) in [5.74, 6) is 4.17. The van der Waals surface area contributed by atoms with Crippen LogP contribution in [-0.2, 0) is 14.8 Å². The Morgan fingerprint density at radius 2 is 1.89 bits per heavy atom. The molecule has 0 spiro atoms. The fourth-order valence-corrected chi connectivity index (χ4v) is 2.43. The zero-order chi connectivity index (χ0) is 14.6. The molecule has 9 nitrogen and oxygen atoms in total. The molecule has 0 aromatic heterocycles. The molecule has 0 saturated carbocycles. The van der Waals surface area contributed by atoms with Gasteiger partial charge in [0.25, 0.3) is 11.6 Å². The molecule has 1 aromatic carbocycles. The average molecular weight is 288 g/mol. The van der Waals surface area contributed by atoms with Crippen LogP contribution in [0.25, 0.3) is 0 Å². The standard InChI is InChI=1S/C9H12N4O5S/c1-6(9(14)11-10)12-19(17,18)8-4-2-7(3-5-8)13(15)16/h2-6,12H,10H2,1H3,(H,11,14)/t6-/m0/s1. The van der Waals surface area contributed by atoms with Crippen LogP contribution in [0.15, 0.2) is 29.2 Å². The van der Waals surface area contributed by atoms with Gasteiger partial charge in [-0.2, -0.15) is 4.72 Å². The maximum absolute atomic E-state index is 11.8. The summed E-state index contributed by atoms with van der Waals surface area (Å²) in [7, 11) is -3.95. The summed E-state index contributed by atoms with van der Waals surface area (Å²) < 4.78 is 25.8. The lowest BCUT2D eigenvalue weighted by atomic mass is 10.3. The third-order valence-electron chi connectivity index (χ3n) is 2.23. The van der Waals surface area contributed by atoms with E-state index >= 15 is 0 Å². The van der Waals surface area contributed by atoms with Gasteiger partial charge in [0.2, 0.25) is 10.0 Å². The molecule has 1 amide bonds. The van der Waals surface area contributed by atoms with Gasteiger partial charge in [0.1, 0.15) is 0 Å². The molecule has 0 aliphatic heterocycles. The molecule has 0 aliphatic rings. The number of amides is 1. The fourth-order valence-electron chi connectivity index (χ4n) is 1.23. The second kappa shape index (κ2) is 5.73. The van der Waals surface area contributed by atoms with Gasteiger partial charge in [-0.05, 0) is 19.1 Å². The van der Waals surface area contributed by atoms with Crippen molar-refractivity contribution >= 4 is 21.6 Å². The highest BCUT2D eigenvalue weighted by atomic mass is 32.2. The summed E-state index contributed by atoms with van der Waals surface area (Å²) in [5, 5.41) is 10.4. The number of hydrogen-bond donors (Lipinski definition) is 3. The Labute approximate surface area is 109 Å². The molecule has 104 valence electrons. The van der Waals surface area contributed by atoms with E-state index in [9.17, 15) is 23.3 Å². The van der Waals surface area contributed by atoms with Gasteiger partial charge in [-0.1, -0.05) is 0 Å². The predicted octanol–water partition coefficient (Wildman–Crippen LogP) is -0.748. The minimum atomic E-state index is -3.95. The SMILES string of the molecule is C[C@H](NS(=O)(=O)c1ccc([N+](=O)[O-])cc1)C(=O)NN. The van der Waals surface area contributed by atoms with E-state index in [1.165, 1.54) is 6.92 Å². The Balaban J connectivity index is 2.94. The molecule has 0 heterocycles. The molecule has 0 radical (unpaired) electrons. The van der Waals surface area contributed by atoms with E-state index in [0.717, 1.165) is 24.3 Å². The minimum Gasteiger partial charge on any atom is -0.293 e. The molecule has 0 saturated heterocycles. The van der Waals surface area contributed by atoms with Gasteiger partial charge in [-0.25, -0.2) is 14.3 Å². The van der Waals surface area contributed by atoms with Gasteiger partial charge in [-0.3, -0.25) is 20.3 Å². The number of rotatable bonds is 5. The summed E-state index contributed by atoms with van der Waals surface area (Å²) in [5.41, 5.74) is 1.58. The molecular weight excluding hydrogens is 276 g/mol. The van der Waals surface area contributed by atoms with E-state index in [-0.39, 0.29) is 10.6 Å². The third-order valence-corrected chi connectivity index (χ3v) is 3.78. The van der Waals surface area contributed by atoms with E-state index in [1.54, 1.807) is 0 Å². The molecule has 1 rings (SSSR count). The number of nitrogens with zero attached hydrogens (tertiary/aromatic N) is 1. The topological polar surface area (TPSA) is 144 Å². The summed E-state index contributed by atoms with van der Waals surface area (Å²) >= 11 is 0. The highest BCUT2D eigenvalue weighted by molar-refractivity contribution is 7.89. The molecule has 10 heteroatoms. The number of sulfonamides is 1. The molecule has 1 aromatic rings. The number of carbonyl (C=O) groups is 1. The molecule has 0 aliphatic carbocycles. The van der Waals surface area contributed by atoms with Crippen molar-refractivity contribution in [2.24, 2.45) is 5.84 Å². The molecule has 19 heavy (non-hydrogen) atoms. The molecule has 0 bridgehead atoms. The zero-order valence-electron chi connectivity index (χ0n) is 9.86. The highest BCUT2D eigenvalue weighted by Crippen LogP contribution is 2.15. The predicted molar refractivity (Wildman–Crippen MR) is 65.2 cm³/mol. The lowest BCUT2D eigenvalue weighted by molar-refractivity contribution is -0.384. The number of nitro groups is 1. The first-order valence-corrected chi connectivity index (χ1v) is 6.53. The van der Waals surface area contributed by atoms with Crippen LogP contribution in [0.4, 0.5) is 5.69 Å². The van der Waals surface area contributed by atoms with Gasteiger partial charge in [0.05, 0.1) is 15.9 Å². The van der Waals surface area contributed by atoms with E-state index < -0.39 is 26.9 Å². The number of hydrazine groups is 1. The van der Waals surface area contributed by atoms with Crippen molar-refractivity contribution in [1.29, 1.82) is 0 Å². The van der Waals surface area contributed by atoms with Crippen LogP contribution in [0.3, 0.4) is 0 Å². The normalized spacial score (nSPS) is 12.7. The molecule has 0 unspecified atom stereocenters. The van der Waals surface area contributed by atoms with Crippen LogP contribution in [0.2, 0.25) is 0 Å². The number of non-ortho nitro benzene ring substituents is 1. The van der Waals surface area contributed by atoms with Gasteiger partial charge in [0.15, 0.2) is 0 Å². The average Bonchev–Trinajstić information content (AvgIpc) is 2.37. The van der Waals surface area contributed by atoms with Crippen LogP contribution in [0.1, 0.15) is 6.92 Å². The van der Waals surface area contributed by atoms with Crippen LogP contribution in [0, 0.1) is 10.1 Å².